The van der Waals surface area contributed by atoms with Crippen LogP contribution in [0.15, 0.2) is 0 Å². The van der Waals surface area contributed by atoms with Gasteiger partial charge in [0.2, 0.25) is 10.0 Å². The van der Waals surface area contributed by atoms with Crippen molar-refractivity contribution in [1.29, 1.82) is 0 Å². The van der Waals surface area contributed by atoms with Crippen molar-refractivity contribution in [1.82, 2.24) is 4.31 Å². The van der Waals surface area contributed by atoms with Gasteiger partial charge in [0.15, 0.2) is 0 Å². The van der Waals surface area contributed by atoms with Gasteiger partial charge in [0.1, 0.15) is 5.25 Å². The lowest BCUT2D eigenvalue weighted by atomic mass is 9.79. The topological polar surface area (TPSA) is 63.4 Å². The number of nitrogens with two attached hydrogens (primary N) is 1. The molecule has 1 rings (SSSR count). The van der Waals surface area contributed by atoms with Gasteiger partial charge in [-0.1, -0.05) is 39.4 Å². The van der Waals surface area contributed by atoms with E-state index in [1.54, 1.807) is 4.31 Å². The first-order chi connectivity index (χ1) is 8.27. The van der Waals surface area contributed by atoms with Gasteiger partial charge < -0.3 is 5.73 Å². The molecule has 6 heteroatoms. The molecule has 106 valence electrons. The van der Waals surface area contributed by atoms with E-state index in [1.807, 2.05) is 6.92 Å². The molecule has 0 aromatic carbocycles. The Morgan fingerprint density at radius 1 is 1.39 bits per heavy atom. The van der Waals surface area contributed by atoms with Gasteiger partial charge in [0, 0.05) is 13.1 Å². The van der Waals surface area contributed by atoms with Crippen molar-refractivity contribution in [3.8, 4) is 0 Å². The zero-order valence-electron chi connectivity index (χ0n) is 11.5. The molecule has 0 aliphatic carbocycles. The maximum Gasteiger partial charge on any atom is 0.223 e. The number of hydrogen-bond donors (Lipinski definition) is 1. The fourth-order valence-corrected chi connectivity index (χ4v) is 4.67. The van der Waals surface area contributed by atoms with Gasteiger partial charge in [-0.2, -0.15) is 0 Å². The van der Waals surface area contributed by atoms with Crippen LogP contribution in [0.25, 0.3) is 0 Å². The molecule has 1 atom stereocenters. The Morgan fingerprint density at radius 2 is 1.89 bits per heavy atom. The van der Waals surface area contributed by atoms with E-state index in [1.165, 1.54) is 0 Å². The molecule has 1 aliphatic rings. The highest BCUT2D eigenvalue weighted by atomic mass is 32.2. The molecule has 1 heterocycles. The molecule has 0 aromatic rings. The van der Waals surface area contributed by atoms with Crippen LogP contribution < -0.4 is 5.73 Å². The Balaban J connectivity index is 2.81. The molecule has 1 unspecified atom stereocenters. The van der Waals surface area contributed by atoms with E-state index in [4.69, 9.17) is 18.0 Å². The molecule has 0 bridgehead atoms. The highest BCUT2D eigenvalue weighted by Crippen LogP contribution is 2.35. The standard InChI is InChI=1S/C12H24N2O2S2/c1-4-10(11(13)17)18(15,16)14-8-6-12(3,5-2)7-9-14/h10H,4-9H2,1-3H3,(H2,13,17). The highest BCUT2D eigenvalue weighted by Gasteiger charge is 2.37. The summed E-state index contributed by atoms with van der Waals surface area (Å²) in [6, 6.07) is 0. The largest absolute Gasteiger partial charge is 0.392 e. The van der Waals surface area contributed by atoms with E-state index in [9.17, 15) is 8.42 Å². The Labute approximate surface area is 116 Å². The Hall–Kier alpha value is -0.200. The minimum atomic E-state index is -3.36. The quantitative estimate of drug-likeness (QED) is 0.786. The summed E-state index contributed by atoms with van der Waals surface area (Å²) in [5, 5.41) is -0.710. The maximum atomic E-state index is 12.4. The van der Waals surface area contributed by atoms with Crippen LogP contribution in [0.4, 0.5) is 0 Å². The first-order valence-electron chi connectivity index (χ1n) is 6.55. The number of rotatable bonds is 5. The predicted molar refractivity (Wildman–Crippen MR) is 79.0 cm³/mol. The van der Waals surface area contributed by atoms with Crippen molar-refractivity contribution < 1.29 is 8.42 Å². The highest BCUT2D eigenvalue weighted by molar-refractivity contribution is 7.92. The molecule has 0 amide bonds. The monoisotopic (exact) mass is 292 g/mol. The summed E-state index contributed by atoms with van der Waals surface area (Å²) in [4.78, 5) is 0.0846. The lowest BCUT2D eigenvalue weighted by Gasteiger charge is -2.39. The van der Waals surface area contributed by atoms with E-state index in [-0.39, 0.29) is 10.4 Å². The van der Waals surface area contributed by atoms with Crippen LogP contribution in [0.5, 0.6) is 0 Å². The number of nitrogens with zero attached hydrogens (tertiary/aromatic N) is 1. The maximum absolute atomic E-state index is 12.4. The number of thiocarbonyl (C=S) groups is 1. The zero-order chi connectivity index (χ0) is 14.0. The van der Waals surface area contributed by atoms with Crippen LogP contribution in [-0.2, 0) is 10.0 Å². The van der Waals surface area contributed by atoms with E-state index in [2.05, 4.69) is 13.8 Å². The van der Waals surface area contributed by atoms with E-state index in [0.29, 0.717) is 19.5 Å². The average molecular weight is 292 g/mol. The van der Waals surface area contributed by atoms with Crippen LogP contribution in [0, 0.1) is 5.41 Å². The molecule has 18 heavy (non-hydrogen) atoms. The van der Waals surface area contributed by atoms with Gasteiger partial charge in [-0.15, -0.1) is 0 Å². The fraction of sp³-hybridized carbons (Fsp3) is 0.917. The Bertz CT molecular complexity index is 398. The summed E-state index contributed by atoms with van der Waals surface area (Å²) >= 11 is 4.87. The zero-order valence-corrected chi connectivity index (χ0v) is 13.1. The molecule has 4 nitrogen and oxygen atoms in total. The van der Waals surface area contributed by atoms with Crippen molar-refractivity contribution >= 4 is 27.2 Å². The normalized spacial score (nSPS) is 22.6. The van der Waals surface area contributed by atoms with Crippen LogP contribution >= 0.6 is 12.2 Å². The van der Waals surface area contributed by atoms with Gasteiger partial charge in [-0.3, -0.25) is 0 Å². The van der Waals surface area contributed by atoms with Crippen LogP contribution in [0.1, 0.15) is 46.5 Å². The Morgan fingerprint density at radius 3 is 2.22 bits per heavy atom. The second-order valence-electron chi connectivity index (χ2n) is 5.41. The molecule has 2 N–H and O–H groups in total. The van der Waals surface area contributed by atoms with Crippen LogP contribution in [0.2, 0.25) is 0 Å². The van der Waals surface area contributed by atoms with E-state index < -0.39 is 15.3 Å². The first-order valence-corrected chi connectivity index (χ1v) is 8.46. The molecular weight excluding hydrogens is 268 g/mol. The third-order valence-electron chi connectivity index (χ3n) is 4.19. The van der Waals surface area contributed by atoms with Crippen molar-refractivity contribution in [3.63, 3.8) is 0 Å². The van der Waals surface area contributed by atoms with Crippen molar-refractivity contribution in [2.75, 3.05) is 13.1 Å². The molecule has 1 aliphatic heterocycles. The minimum absolute atomic E-state index is 0.0846. The van der Waals surface area contributed by atoms with E-state index >= 15 is 0 Å². The van der Waals surface area contributed by atoms with Crippen LogP contribution in [0.3, 0.4) is 0 Å². The summed E-state index contributed by atoms with van der Waals surface area (Å²) < 4.78 is 26.4. The van der Waals surface area contributed by atoms with Gasteiger partial charge >= 0.3 is 0 Å². The van der Waals surface area contributed by atoms with Crippen molar-refractivity contribution in [2.24, 2.45) is 11.1 Å². The van der Waals surface area contributed by atoms with Crippen molar-refractivity contribution in [3.05, 3.63) is 0 Å². The molecule has 0 spiro atoms. The lowest BCUT2D eigenvalue weighted by molar-refractivity contribution is 0.168. The number of sulfonamides is 1. The molecule has 0 saturated carbocycles. The summed E-state index contributed by atoms with van der Waals surface area (Å²) in [6.07, 6.45) is 3.36. The summed E-state index contributed by atoms with van der Waals surface area (Å²) in [6.45, 7) is 7.37. The lowest BCUT2D eigenvalue weighted by Crippen LogP contribution is -2.48. The van der Waals surface area contributed by atoms with Crippen molar-refractivity contribution in [2.45, 2.75) is 51.7 Å². The minimum Gasteiger partial charge on any atom is -0.392 e. The van der Waals surface area contributed by atoms with Gasteiger partial charge in [-0.25, -0.2) is 12.7 Å². The van der Waals surface area contributed by atoms with Gasteiger partial charge in [0.25, 0.3) is 0 Å². The molecule has 0 radical (unpaired) electrons. The molecule has 1 saturated heterocycles. The number of hydrogen-bond acceptors (Lipinski definition) is 3. The second-order valence-corrected chi connectivity index (χ2v) is 7.99. The summed E-state index contributed by atoms with van der Waals surface area (Å²) in [5.41, 5.74) is 5.82. The van der Waals surface area contributed by atoms with Gasteiger partial charge in [-0.05, 0) is 24.7 Å². The average Bonchev–Trinajstić information content (AvgIpc) is 2.29. The third kappa shape index (κ3) is 3.22. The van der Waals surface area contributed by atoms with E-state index in [0.717, 1.165) is 19.3 Å². The van der Waals surface area contributed by atoms with Crippen LogP contribution in [-0.4, -0.2) is 36.1 Å². The molecule has 1 fully saturated rings. The molecular formula is C12H24N2O2S2. The Kier molecular flexibility index (Phi) is 5.14. The molecule has 0 aromatic heterocycles. The first kappa shape index (κ1) is 15.9. The smallest absolute Gasteiger partial charge is 0.223 e. The fourth-order valence-electron chi connectivity index (χ4n) is 2.37. The number of piperidine rings is 1. The predicted octanol–water partition coefficient (Wildman–Crippen LogP) is 1.89. The van der Waals surface area contributed by atoms with Gasteiger partial charge in [0.05, 0.1) is 4.99 Å². The SMILES string of the molecule is CCC(C(N)=S)S(=O)(=O)N1CCC(C)(CC)CC1. The third-order valence-corrected chi connectivity index (χ3v) is 7.02. The summed E-state index contributed by atoms with van der Waals surface area (Å²) in [5.74, 6) is 0. The summed E-state index contributed by atoms with van der Waals surface area (Å²) in [7, 11) is -3.36. The second kappa shape index (κ2) is 5.84.